The Hall–Kier alpha value is -1.72. The second-order valence-electron chi connectivity index (χ2n) is 6.03. The molecule has 138 valence electrons. The van der Waals surface area contributed by atoms with Gasteiger partial charge in [0.2, 0.25) is 0 Å². The van der Waals surface area contributed by atoms with E-state index in [-0.39, 0.29) is 46.9 Å². The van der Waals surface area contributed by atoms with Crippen LogP contribution in [-0.4, -0.2) is 78.3 Å². The molecule has 0 radical (unpaired) electrons. The SMILES string of the molecule is C=CCN1C(=O)C2C(N=C(c3ccc(S(=O)(=O)[O-])cc3)N2C)N(C)C1=O.[Na+]. The molecule has 1 fully saturated rings. The molecule has 0 spiro atoms. The van der Waals surface area contributed by atoms with E-state index in [0.29, 0.717) is 11.4 Å². The van der Waals surface area contributed by atoms with Crippen molar-refractivity contribution in [3.8, 4) is 0 Å². The molecule has 0 aliphatic carbocycles. The molecule has 2 heterocycles. The average molecular weight is 400 g/mol. The Bertz CT molecular complexity index is 915. The van der Waals surface area contributed by atoms with Crippen molar-refractivity contribution >= 4 is 27.9 Å². The number of benzene rings is 1. The molecule has 1 aromatic rings. The average Bonchev–Trinajstić information content (AvgIpc) is 2.94. The van der Waals surface area contributed by atoms with Gasteiger partial charge in [-0.15, -0.1) is 6.58 Å². The van der Waals surface area contributed by atoms with E-state index in [9.17, 15) is 22.6 Å². The van der Waals surface area contributed by atoms with Crippen LogP contribution in [0.1, 0.15) is 5.56 Å². The van der Waals surface area contributed by atoms with Gasteiger partial charge < -0.3 is 14.4 Å². The first-order chi connectivity index (χ1) is 12.2. The first-order valence-electron chi connectivity index (χ1n) is 7.73. The maximum atomic E-state index is 12.7. The predicted octanol–water partition coefficient (Wildman–Crippen LogP) is -2.94. The van der Waals surface area contributed by atoms with Crippen LogP contribution in [0, 0.1) is 0 Å². The van der Waals surface area contributed by atoms with Crippen LogP contribution in [0.4, 0.5) is 4.79 Å². The largest absolute Gasteiger partial charge is 1.00 e. The minimum Gasteiger partial charge on any atom is -0.744 e. The van der Waals surface area contributed by atoms with Crippen molar-refractivity contribution in [2.75, 3.05) is 20.6 Å². The number of urea groups is 1. The Kier molecular flexibility index (Phi) is 6.17. The zero-order valence-corrected chi connectivity index (χ0v) is 18.0. The zero-order chi connectivity index (χ0) is 19.2. The maximum absolute atomic E-state index is 12.7. The van der Waals surface area contributed by atoms with Crippen molar-refractivity contribution in [3.63, 3.8) is 0 Å². The van der Waals surface area contributed by atoms with Crippen molar-refractivity contribution in [2.24, 2.45) is 4.99 Å². The van der Waals surface area contributed by atoms with Gasteiger partial charge in [0.15, 0.2) is 12.2 Å². The third-order valence-corrected chi connectivity index (χ3v) is 5.30. The molecular weight excluding hydrogens is 383 g/mol. The molecule has 9 nitrogen and oxygen atoms in total. The number of hydrogen-bond donors (Lipinski definition) is 0. The summed E-state index contributed by atoms with van der Waals surface area (Å²) < 4.78 is 33.2. The summed E-state index contributed by atoms with van der Waals surface area (Å²) in [5.74, 6) is 0.0568. The summed E-state index contributed by atoms with van der Waals surface area (Å²) >= 11 is 0. The number of hydrogen-bond acceptors (Lipinski definition) is 7. The standard InChI is InChI=1S/C16H18N4O5S.Na/c1-4-9-20-15(21)12-14(19(3)16(20)22)17-13(18(12)2)10-5-7-11(8-6-10)26(23,24)25;/h4-8,12,14H,1,9H2,2-3H3,(H,23,24,25);/q;+1/p-1. The molecule has 0 bridgehead atoms. The van der Waals surface area contributed by atoms with Gasteiger partial charge >= 0.3 is 35.6 Å². The third kappa shape index (κ3) is 3.67. The van der Waals surface area contributed by atoms with Crippen molar-refractivity contribution < 1.29 is 52.1 Å². The van der Waals surface area contributed by atoms with Crippen LogP contribution in [-0.2, 0) is 14.9 Å². The molecule has 0 saturated carbocycles. The molecule has 0 N–H and O–H groups in total. The number of imide groups is 1. The van der Waals surface area contributed by atoms with E-state index in [1.807, 2.05) is 0 Å². The first-order valence-corrected chi connectivity index (χ1v) is 9.13. The smallest absolute Gasteiger partial charge is 0.744 e. The van der Waals surface area contributed by atoms with E-state index in [4.69, 9.17) is 0 Å². The van der Waals surface area contributed by atoms with E-state index >= 15 is 0 Å². The molecular formula is C16H17N4NaO5S. The fourth-order valence-corrected chi connectivity index (χ4v) is 3.58. The number of rotatable bonds is 4. The summed E-state index contributed by atoms with van der Waals surface area (Å²) in [6.45, 7) is 3.66. The maximum Gasteiger partial charge on any atom is 1.00 e. The number of amidine groups is 1. The van der Waals surface area contributed by atoms with Crippen LogP contribution in [0.2, 0.25) is 0 Å². The van der Waals surface area contributed by atoms with Gasteiger partial charge in [-0.25, -0.2) is 18.2 Å². The van der Waals surface area contributed by atoms with Crippen molar-refractivity contribution in [1.29, 1.82) is 0 Å². The van der Waals surface area contributed by atoms with E-state index in [2.05, 4.69) is 11.6 Å². The number of fused-ring (bicyclic) bond motifs is 1. The molecule has 2 atom stereocenters. The molecule has 2 aliphatic rings. The minimum absolute atomic E-state index is 0. The van der Waals surface area contributed by atoms with Crippen molar-refractivity contribution in [3.05, 3.63) is 42.5 Å². The third-order valence-electron chi connectivity index (χ3n) is 4.45. The van der Waals surface area contributed by atoms with Gasteiger partial charge in [0.05, 0.1) is 4.90 Å². The second kappa shape index (κ2) is 7.72. The predicted molar refractivity (Wildman–Crippen MR) is 91.4 cm³/mol. The number of carbonyl (C=O) groups is 2. The Morgan fingerprint density at radius 1 is 1.19 bits per heavy atom. The Labute approximate surface area is 179 Å². The van der Waals surface area contributed by atoms with Gasteiger partial charge in [-0.1, -0.05) is 18.2 Å². The zero-order valence-electron chi connectivity index (χ0n) is 15.2. The number of carbonyl (C=O) groups excluding carboxylic acids is 2. The summed E-state index contributed by atoms with van der Waals surface area (Å²) in [7, 11) is -1.30. The van der Waals surface area contributed by atoms with E-state index in [0.717, 1.165) is 4.90 Å². The molecule has 3 amide bonds. The topological polar surface area (TPSA) is 113 Å². The normalized spacial score (nSPS) is 22.3. The molecule has 11 heteroatoms. The quantitative estimate of drug-likeness (QED) is 0.304. The summed E-state index contributed by atoms with van der Waals surface area (Å²) in [6, 6.07) is 4.14. The Morgan fingerprint density at radius 3 is 2.30 bits per heavy atom. The fraction of sp³-hybridized carbons (Fsp3) is 0.312. The van der Waals surface area contributed by atoms with Crippen LogP contribution in [0.3, 0.4) is 0 Å². The number of aliphatic imine (C=N–C) groups is 1. The van der Waals surface area contributed by atoms with E-state index in [1.165, 1.54) is 35.2 Å². The van der Waals surface area contributed by atoms with Gasteiger partial charge in [-0.2, -0.15) is 0 Å². The van der Waals surface area contributed by atoms with Gasteiger partial charge in [0.25, 0.3) is 5.91 Å². The Balaban J connectivity index is 0.00000261. The second-order valence-corrected chi connectivity index (χ2v) is 7.41. The van der Waals surface area contributed by atoms with Gasteiger partial charge in [0, 0.05) is 26.2 Å². The monoisotopic (exact) mass is 400 g/mol. The summed E-state index contributed by atoms with van der Waals surface area (Å²) in [6.07, 6.45) is 0.793. The molecule has 27 heavy (non-hydrogen) atoms. The molecule has 2 aliphatic heterocycles. The van der Waals surface area contributed by atoms with Crippen LogP contribution in [0.5, 0.6) is 0 Å². The molecule has 1 saturated heterocycles. The van der Waals surface area contributed by atoms with Crippen molar-refractivity contribution in [1.82, 2.24) is 14.7 Å². The molecule has 2 unspecified atom stereocenters. The van der Waals surface area contributed by atoms with Gasteiger partial charge in [0.1, 0.15) is 16.0 Å². The van der Waals surface area contributed by atoms with Crippen LogP contribution < -0.4 is 29.6 Å². The summed E-state index contributed by atoms with van der Waals surface area (Å²) in [5, 5.41) is 0. The summed E-state index contributed by atoms with van der Waals surface area (Å²) in [4.78, 5) is 33.4. The van der Waals surface area contributed by atoms with Crippen LogP contribution >= 0.6 is 0 Å². The van der Waals surface area contributed by atoms with Crippen molar-refractivity contribution in [2.45, 2.75) is 17.1 Å². The molecule has 3 rings (SSSR count). The summed E-state index contributed by atoms with van der Waals surface area (Å²) in [5.41, 5.74) is 0.540. The fourth-order valence-electron chi connectivity index (χ4n) is 3.11. The number of amides is 3. The van der Waals surface area contributed by atoms with E-state index in [1.54, 1.807) is 19.0 Å². The minimum atomic E-state index is -4.54. The number of likely N-dealkylation sites (N-methyl/N-ethyl adjacent to an activating group) is 2. The number of nitrogens with zero attached hydrogens (tertiary/aromatic N) is 4. The van der Waals surface area contributed by atoms with E-state index < -0.39 is 28.4 Å². The van der Waals surface area contributed by atoms with Gasteiger partial charge in [-0.05, 0) is 12.1 Å². The van der Waals surface area contributed by atoms with Gasteiger partial charge in [-0.3, -0.25) is 9.69 Å². The first kappa shape index (κ1) is 21.6. The molecule has 1 aromatic carbocycles. The van der Waals surface area contributed by atoms with Crippen LogP contribution in [0.15, 0.2) is 46.8 Å². The Morgan fingerprint density at radius 2 is 1.78 bits per heavy atom. The van der Waals surface area contributed by atoms with Crippen LogP contribution in [0.25, 0.3) is 0 Å². The molecule has 0 aromatic heterocycles.